The van der Waals surface area contributed by atoms with Gasteiger partial charge in [0.25, 0.3) is 0 Å². The van der Waals surface area contributed by atoms with E-state index < -0.39 is 8.07 Å². The quantitative estimate of drug-likeness (QED) is 0.123. The molecule has 0 bridgehead atoms. The van der Waals surface area contributed by atoms with Crippen LogP contribution in [0.3, 0.4) is 0 Å². The van der Waals surface area contributed by atoms with Crippen LogP contribution in [0.5, 0.6) is 11.5 Å². The van der Waals surface area contributed by atoms with E-state index in [9.17, 15) is 0 Å². The molecule has 0 amide bonds. The predicted octanol–water partition coefficient (Wildman–Crippen LogP) is 17.0. The zero-order chi connectivity index (χ0) is 49.8. The molecule has 12 rings (SSSR count). The Hall–Kier alpha value is -7.11. The van der Waals surface area contributed by atoms with Gasteiger partial charge in [0.05, 0.1) is 9.44 Å². The van der Waals surface area contributed by atoms with Crippen molar-refractivity contribution in [2.24, 2.45) is 0 Å². The Balaban J connectivity index is 0.00000574. The van der Waals surface area contributed by atoms with Crippen LogP contribution in [0.15, 0.2) is 176 Å². The Labute approximate surface area is 439 Å². The number of rotatable bonds is 6. The molecule has 11 aromatic rings. The van der Waals surface area contributed by atoms with Crippen LogP contribution in [-0.4, -0.2) is 22.2 Å². The number of hydrogen-bond donors (Lipinski definition) is 0. The molecule has 5 nitrogen and oxygen atoms in total. The summed E-state index contributed by atoms with van der Waals surface area (Å²) in [4.78, 5) is 7.22. The molecule has 0 spiro atoms. The first kappa shape index (κ1) is 46.0. The van der Waals surface area contributed by atoms with E-state index in [1.807, 2.05) is 24.4 Å². The van der Waals surface area contributed by atoms with Crippen molar-refractivity contribution in [1.29, 1.82) is 0 Å². The summed E-state index contributed by atoms with van der Waals surface area (Å²) in [6, 6.07) is 66.7. The van der Waals surface area contributed by atoms with E-state index in [0.29, 0.717) is 17.5 Å². The summed E-state index contributed by atoms with van der Waals surface area (Å²) >= 11 is 0. The Kier molecular flexibility index (Phi) is 11.2. The average molecular weight is 1130 g/mol. The molecule has 0 atom stereocenters. The van der Waals surface area contributed by atoms with E-state index in [1.54, 1.807) is 0 Å². The first-order valence-corrected chi connectivity index (χ1v) is 28.2. The number of fused-ring (bicyclic) bond motifs is 10. The summed E-state index contributed by atoms with van der Waals surface area (Å²) in [5.74, 6) is 2.08. The molecule has 4 heterocycles. The van der Waals surface area contributed by atoms with E-state index >= 15 is 0 Å². The van der Waals surface area contributed by atoms with Gasteiger partial charge < -0.3 is 18.8 Å². The van der Waals surface area contributed by atoms with Crippen molar-refractivity contribution in [3.05, 3.63) is 206 Å². The van der Waals surface area contributed by atoms with Crippen molar-refractivity contribution in [3.8, 4) is 28.4 Å². The zero-order valence-corrected chi connectivity index (χ0v) is 45.5. The maximum atomic E-state index is 9.10. The van der Waals surface area contributed by atoms with Crippen molar-refractivity contribution >= 4 is 89.8 Å². The van der Waals surface area contributed by atoms with Crippen molar-refractivity contribution in [1.82, 2.24) is 14.1 Å². The van der Waals surface area contributed by atoms with Crippen molar-refractivity contribution < 1.29 is 27.2 Å². The summed E-state index contributed by atoms with van der Waals surface area (Å²) in [7, 11) is -1.96. The number of para-hydroxylation sites is 3. The number of nitrogens with zero attached hydrogens (tertiary/aromatic N) is 4. The van der Waals surface area contributed by atoms with Gasteiger partial charge in [0.1, 0.15) is 5.82 Å². The number of benzene rings is 8. The minimum Gasteiger partial charge on any atom is -0.509 e. The maximum absolute atomic E-state index is 9.10. The molecule has 0 saturated carbocycles. The second kappa shape index (κ2) is 17.6. The van der Waals surface area contributed by atoms with Crippen LogP contribution in [0, 0.1) is 18.8 Å². The first-order valence-electron chi connectivity index (χ1n) is 25.2. The van der Waals surface area contributed by atoms with Crippen LogP contribution < -0.4 is 14.8 Å². The van der Waals surface area contributed by atoms with Gasteiger partial charge in [-0.2, -0.15) is 11.3 Å². The van der Waals surface area contributed by atoms with E-state index in [4.69, 9.17) is 11.1 Å². The van der Waals surface area contributed by atoms with Crippen LogP contribution in [0.4, 0.5) is 11.4 Å². The normalized spacial score (nSPS) is 13.0. The fraction of sp³-hybridized carbons (Fsp3) is 0.169. The molecule has 0 unspecified atom stereocenters. The number of aromatic nitrogens is 3. The van der Waals surface area contributed by atoms with Gasteiger partial charge in [-0.3, -0.25) is 0 Å². The van der Waals surface area contributed by atoms with Gasteiger partial charge in [-0.15, -0.1) is 35.7 Å². The smallest absolute Gasteiger partial charge is 0.135 e. The van der Waals surface area contributed by atoms with Gasteiger partial charge >= 0.3 is 0 Å². The van der Waals surface area contributed by atoms with E-state index in [1.165, 1.54) is 21.5 Å². The molecule has 8 aromatic carbocycles. The standard InChI is InChI=1S/C65H57N4OSi.Pt/c1-64(2,3)43-20-16-19-42(35-43)49-26-17-27-56-52-23-12-10-21-50(52)51-22-11-13-24-53(51)57-28-18-30-59-63(57)68(62(49)56)41-67(59)45-37-47(39-48(38-45)71(7,8)9)70-46-31-32-55-54-25-14-15-29-58(54)69(60(55)40-46)61-36-44(33-34-66-61)65(4,5)6;/h10-36,38-39,41H,1-9H3;/q-3;/i16D;. The minimum atomic E-state index is -1.96. The molecule has 0 radical (unpaired) electrons. The predicted molar refractivity (Wildman–Crippen MR) is 303 cm³/mol. The average Bonchev–Trinajstić information content (AvgIpc) is 3.92. The second-order valence-corrected chi connectivity index (χ2v) is 27.2. The van der Waals surface area contributed by atoms with E-state index in [2.05, 4.69) is 240 Å². The summed E-state index contributed by atoms with van der Waals surface area (Å²) in [6.45, 7) is 22.8. The first-order chi connectivity index (χ1) is 34.5. The molecule has 72 heavy (non-hydrogen) atoms. The largest absolute Gasteiger partial charge is 0.509 e. The monoisotopic (exact) mass is 1130 g/mol. The number of pyridine rings is 1. The fourth-order valence-corrected chi connectivity index (χ4v) is 11.6. The van der Waals surface area contributed by atoms with Gasteiger partial charge in [0.15, 0.2) is 0 Å². The molecule has 3 aromatic heterocycles. The number of anilines is 2. The third-order valence-corrected chi connectivity index (χ3v) is 16.3. The SMILES string of the molecule is [2H]c1cc(-c2cccc3c4ccccc4c4ccccc4c4cccc5c4n(c23)[CH-]N5c2[c-]c(Oc3[c-]c4c(cc3)c3ccccc3n4-c3cc(C(C)(C)C)ccn3)cc([Si](C)(C)C)c2)cc(C(C)(C)C)c1.[Pt]. The van der Waals surface area contributed by atoms with Gasteiger partial charge in [0, 0.05) is 50.0 Å². The van der Waals surface area contributed by atoms with Crippen molar-refractivity contribution in [2.75, 3.05) is 4.90 Å². The zero-order valence-electron chi connectivity index (χ0n) is 43.3. The van der Waals surface area contributed by atoms with Crippen LogP contribution in [0.25, 0.3) is 82.1 Å². The van der Waals surface area contributed by atoms with Crippen LogP contribution in [0.2, 0.25) is 19.6 Å². The molecular formula is C65H57N4OPtSi-3. The Bertz CT molecular complexity index is 4090. The molecule has 0 fully saturated rings. The molecular weight excluding hydrogens is 1080 g/mol. The molecule has 0 aliphatic carbocycles. The molecule has 1 aliphatic heterocycles. The fourth-order valence-electron chi connectivity index (χ4n) is 10.5. The van der Waals surface area contributed by atoms with Crippen LogP contribution >= 0.6 is 0 Å². The Morgan fingerprint density at radius 3 is 1.86 bits per heavy atom. The van der Waals surface area contributed by atoms with Gasteiger partial charge in [-0.1, -0.05) is 194 Å². The van der Waals surface area contributed by atoms with Crippen LogP contribution in [0.1, 0.15) is 54.0 Å². The Morgan fingerprint density at radius 2 is 1.18 bits per heavy atom. The number of ether oxygens (including phenoxy) is 1. The van der Waals surface area contributed by atoms with Gasteiger partial charge in [-0.05, 0) is 113 Å². The van der Waals surface area contributed by atoms with Gasteiger partial charge in [0.2, 0.25) is 0 Å². The molecule has 7 heteroatoms. The topological polar surface area (TPSA) is 35.2 Å². The third kappa shape index (κ3) is 8.06. The van der Waals surface area contributed by atoms with Crippen molar-refractivity contribution in [2.45, 2.75) is 72.0 Å². The molecule has 0 N–H and O–H groups in total. The minimum absolute atomic E-state index is 0. The van der Waals surface area contributed by atoms with Crippen molar-refractivity contribution in [3.63, 3.8) is 0 Å². The summed E-state index contributed by atoms with van der Waals surface area (Å²) in [5.41, 5.74) is 10.2. The van der Waals surface area contributed by atoms with E-state index in [-0.39, 0.29) is 31.9 Å². The molecule has 0 saturated heterocycles. The second-order valence-electron chi connectivity index (χ2n) is 22.1. The molecule has 1 aliphatic rings. The number of hydrogen-bond acceptors (Lipinski definition) is 3. The summed E-state index contributed by atoms with van der Waals surface area (Å²) in [5, 5.41) is 10.4. The third-order valence-electron chi connectivity index (χ3n) is 14.3. The summed E-state index contributed by atoms with van der Waals surface area (Å²) < 4.78 is 20.7. The van der Waals surface area contributed by atoms with Gasteiger partial charge in [-0.25, -0.2) is 4.98 Å². The summed E-state index contributed by atoms with van der Waals surface area (Å²) in [6.07, 6.45) is 1.91. The van der Waals surface area contributed by atoms with Crippen LogP contribution in [-0.2, 0) is 31.9 Å². The van der Waals surface area contributed by atoms with E-state index in [0.717, 1.165) is 88.3 Å². The Morgan fingerprint density at radius 1 is 0.569 bits per heavy atom. The maximum Gasteiger partial charge on any atom is 0.135 e. The molecule has 360 valence electrons.